The first-order chi connectivity index (χ1) is 9.29. The number of likely N-dealkylation sites (N-methyl/N-ethyl adjacent to an activating group) is 1. The minimum absolute atomic E-state index is 0. The van der Waals surface area contributed by atoms with Gasteiger partial charge in [0.2, 0.25) is 5.91 Å². The SMILES string of the molecule is CNCC(=O)N1CCCC(NCc2ccccc2)C1.Cl.Cl. The summed E-state index contributed by atoms with van der Waals surface area (Å²) in [6.07, 6.45) is 2.23. The monoisotopic (exact) mass is 333 g/mol. The summed E-state index contributed by atoms with van der Waals surface area (Å²) in [4.78, 5) is 13.8. The molecule has 1 aliphatic rings. The zero-order valence-electron chi connectivity index (χ0n) is 12.4. The molecule has 1 unspecified atom stereocenters. The fraction of sp³-hybridized carbons (Fsp3) is 0.533. The molecule has 1 atom stereocenters. The van der Waals surface area contributed by atoms with Gasteiger partial charge in [0.1, 0.15) is 0 Å². The highest BCUT2D eigenvalue weighted by Gasteiger charge is 2.22. The second-order valence-corrected chi connectivity index (χ2v) is 5.08. The van der Waals surface area contributed by atoms with E-state index in [2.05, 4.69) is 34.9 Å². The summed E-state index contributed by atoms with van der Waals surface area (Å²) in [7, 11) is 1.81. The maximum absolute atomic E-state index is 11.9. The molecule has 0 saturated carbocycles. The quantitative estimate of drug-likeness (QED) is 0.864. The van der Waals surface area contributed by atoms with Gasteiger partial charge in [-0.15, -0.1) is 24.8 Å². The third kappa shape index (κ3) is 6.66. The van der Waals surface area contributed by atoms with Gasteiger partial charge in [-0.1, -0.05) is 30.3 Å². The lowest BCUT2D eigenvalue weighted by molar-refractivity contribution is -0.131. The van der Waals surface area contributed by atoms with E-state index in [1.54, 1.807) is 0 Å². The number of halogens is 2. The minimum Gasteiger partial charge on any atom is -0.340 e. The second-order valence-electron chi connectivity index (χ2n) is 5.08. The number of benzene rings is 1. The zero-order valence-corrected chi connectivity index (χ0v) is 14.0. The van der Waals surface area contributed by atoms with Gasteiger partial charge in [0.05, 0.1) is 6.54 Å². The molecular weight excluding hydrogens is 309 g/mol. The number of amides is 1. The first kappa shape index (κ1) is 20.2. The van der Waals surface area contributed by atoms with Crippen molar-refractivity contribution in [3.8, 4) is 0 Å². The van der Waals surface area contributed by atoms with E-state index in [0.29, 0.717) is 12.6 Å². The molecule has 2 N–H and O–H groups in total. The highest BCUT2D eigenvalue weighted by Crippen LogP contribution is 2.11. The summed E-state index contributed by atoms with van der Waals surface area (Å²) in [6, 6.07) is 10.8. The minimum atomic E-state index is 0. The van der Waals surface area contributed by atoms with Gasteiger partial charge in [-0.05, 0) is 25.5 Å². The van der Waals surface area contributed by atoms with Crippen molar-refractivity contribution in [3.63, 3.8) is 0 Å². The summed E-state index contributed by atoms with van der Waals surface area (Å²) >= 11 is 0. The van der Waals surface area contributed by atoms with Gasteiger partial charge >= 0.3 is 0 Å². The van der Waals surface area contributed by atoms with Gasteiger partial charge < -0.3 is 15.5 Å². The molecule has 0 aliphatic carbocycles. The zero-order chi connectivity index (χ0) is 13.5. The van der Waals surface area contributed by atoms with E-state index in [1.807, 2.05) is 18.0 Å². The maximum Gasteiger partial charge on any atom is 0.236 e. The van der Waals surface area contributed by atoms with Gasteiger partial charge in [0, 0.05) is 25.7 Å². The fourth-order valence-corrected chi connectivity index (χ4v) is 2.49. The number of carbonyl (C=O) groups excluding carboxylic acids is 1. The standard InChI is InChI=1S/C15H23N3O.2ClH/c1-16-11-15(19)18-9-5-8-14(12-18)17-10-13-6-3-2-4-7-13;;/h2-4,6-7,14,16-17H,5,8-12H2,1H3;2*1H. The predicted octanol–water partition coefficient (Wildman–Crippen LogP) is 1.83. The third-order valence-electron chi connectivity index (χ3n) is 3.54. The van der Waals surface area contributed by atoms with Crippen LogP contribution in [0.3, 0.4) is 0 Å². The largest absolute Gasteiger partial charge is 0.340 e. The Hall–Kier alpha value is -0.810. The summed E-state index contributed by atoms with van der Waals surface area (Å²) in [5.41, 5.74) is 1.29. The third-order valence-corrected chi connectivity index (χ3v) is 3.54. The van der Waals surface area contributed by atoms with Crippen LogP contribution in [0.1, 0.15) is 18.4 Å². The lowest BCUT2D eigenvalue weighted by Crippen LogP contribution is -2.49. The van der Waals surface area contributed by atoms with Crippen LogP contribution in [0, 0.1) is 0 Å². The van der Waals surface area contributed by atoms with E-state index in [0.717, 1.165) is 32.5 Å². The van der Waals surface area contributed by atoms with Crippen molar-refractivity contribution >= 4 is 30.7 Å². The molecule has 21 heavy (non-hydrogen) atoms. The number of likely N-dealkylation sites (tertiary alicyclic amines) is 1. The van der Waals surface area contributed by atoms with E-state index < -0.39 is 0 Å². The van der Waals surface area contributed by atoms with Gasteiger partial charge in [-0.3, -0.25) is 4.79 Å². The Balaban J connectivity index is 0.00000200. The molecule has 1 aromatic rings. The highest BCUT2D eigenvalue weighted by atomic mass is 35.5. The summed E-state index contributed by atoms with van der Waals surface area (Å²) in [5, 5.41) is 6.48. The average molecular weight is 334 g/mol. The molecule has 1 heterocycles. The van der Waals surface area contributed by atoms with Crippen LogP contribution in [0.25, 0.3) is 0 Å². The van der Waals surface area contributed by atoms with Gasteiger partial charge in [-0.2, -0.15) is 0 Å². The normalized spacial score (nSPS) is 17.6. The molecule has 0 spiro atoms. The van der Waals surface area contributed by atoms with Gasteiger partial charge in [0.15, 0.2) is 0 Å². The first-order valence-electron chi connectivity index (χ1n) is 6.99. The molecule has 1 aromatic carbocycles. The van der Waals surface area contributed by atoms with Crippen LogP contribution in [0.4, 0.5) is 0 Å². The van der Waals surface area contributed by atoms with Crippen molar-refractivity contribution in [2.75, 3.05) is 26.7 Å². The molecule has 1 amide bonds. The van der Waals surface area contributed by atoms with Crippen LogP contribution in [-0.4, -0.2) is 43.5 Å². The van der Waals surface area contributed by atoms with E-state index in [4.69, 9.17) is 0 Å². The molecule has 1 saturated heterocycles. The molecular formula is C15H25Cl2N3O. The number of hydrogen-bond donors (Lipinski definition) is 2. The smallest absolute Gasteiger partial charge is 0.236 e. The van der Waals surface area contributed by atoms with Crippen molar-refractivity contribution in [1.29, 1.82) is 0 Å². The molecule has 1 fully saturated rings. The number of piperidine rings is 1. The second kappa shape index (κ2) is 10.9. The number of rotatable bonds is 5. The molecule has 0 aromatic heterocycles. The van der Waals surface area contributed by atoms with Crippen LogP contribution in [-0.2, 0) is 11.3 Å². The lowest BCUT2D eigenvalue weighted by atomic mass is 10.1. The molecule has 0 bridgehead atoms. The molecule has 6 heteroatoms. The molecule has 2 rings (SSSR count). The number of nitrogens with zero attached hydrogens (tertiary/aromatic N) is 1. The Morgan fingerprint density at radius 3 is 2.67 bits per heavy atom. The predicted molar refractivity (Wildman–Crippen MR) is 91.3 cm³/mol. The van der Waals surface area contributed by atoms with Crippen LogP contribution >= 0.6 is 24.8 Å². The fourth-order valence-electron chi connectivity index (χ4n) is 2.49. The Morgan fingerprint density at radius 1 is 1.29 bits per heavy atom. The van der Waals surface area contributed by atoms with Crippen LogP contribution in [0.15, 0.2) is 30.3 Å². The van der Waals surface area contributed by atoms with Crippen molar-refractivity contribution in [2.45, 2.75) is 25.4 Å². The first-order valence-corrected chi connectivity index (χ1v) is 6.99. The summed E-state index contributed by atoms with van der Waals surface area (Å²) in [5.74, 6) is 0.203. The van der Waals surface area contributed by atoms with E-state index in [-0.39, 0.29) is 30.7 Å². The van der Waals surface area contributed by atoms with Crippen LogP contribution in [0.2, 0.25) is 0 Å². The molecule has 1 aliphatic heterocycles. The van der Waals surface area contributed by atoms with E-state index >= 15 is 0 Å². The summed E-state index contributed by atoms with van der Waals surface area (Å²) < 4.78 is 0. The highest BCUT2D eigenvalue weighted by molar-refractivity contribution is 5.85. The summed E-state index contributed by atoms with van der Waals surface area (Å²) in [6.45, 7) is 3.03. The Morgan fingerprint density at radius 2 is 2.00 bits per heavy atom. The van der Waals surface area contributed by atoms with Crippen LogP contribution < -0.4 is 10.6 Å². The van der Waals surface area contributed by atoms with Crippen molar-refractivity contribution in [3.05, 3.63) is 35.9 Å². The Bertz CT molecular complexity index is 403. The van der Waals surface area contributed by atoms with Crippen molar-refractivity contribution in [2.24, 2.45) is 0 Å². The molecule has 0 radical (unpaired) electrons. The Labute approximate surface area is 139 Å². The van der Waals surface area contributed by atoms with Crippen molar-refractivity contribution in [1.82, 2.24) is 15.5 Å². The van der Waals surface area contributed by atoms with Gasteiger partial charge in [-0.25, -0.2) is 0 Å². The molecule has 120 valence electrons. The van der Waals surface area contributed by atoms with Gasteiger partial charge in [0.25, 0.3) is 0 Å². The lowest BCUT2D eigenvalue weighted by Gasteiger charge is -2.33. The number of carbonyl (C=O) groups is 1. The van der Waals surface area contributed by atoms with E-state index in [1.165, 1.54) is 5.56 Å². The average Bonchev–Trinajstić information content (AvgIpc) is 2.47. The van der Waals surface area contributed by atoms with E-state index in [9.17, 15) is 4.79 Å². The number of nitrogens with one attached hydrogen (secondary N) is 2. The van der Waals surface area contributed by atoms with Crippen molar-refractivity contribution < 1.29 is 4.79 Å². The molecule has 4 nitrogen and oxygen atoms in total. The van der Waals surface area contributed by atoms with Crippen LogP contribution in [0.5, 0.6) is 0 Å². The maximum atomic E-state index is 11.9. The number of hydrogen-bond acceptors (Lipinski definition) is 3. The topological polar surface area (TPSA) is 44.4 Å². The Kier molecular flexibility index (Phi) is 10.4.